The van der Waals surface area contributed by atoms with Crippen LogP contribution < -0.4 is 14.8 Å². The van der Waals surface area contributed by atoms with Crippen LogP contribution in [-0.2, 0) is 11.4 Å². The van der Waals surface area contributed by atoms with Gasteiger partial charge in [0.1, 0.15) is 29.7 Å². The maximum atomic E-state index is 12.6. The van der Waals surface area contributed by atoms with Crippen LogP contribution in [0, 0.1) is 14.9 Å². The molecule has 0 heterocycles. The van der Waals surface area contributed by atoms with E-state index in [1.807, 2.05) is 61.5 Å². The van der Waals surface area contributed by atoms with Crippen molar-refractivity contribution in [3.05, 3.63) is 91.5 Å². The predicted molar refractivity (Wildman–Crippen MR) is 137 cm³/mol. The Bertz CT molecular complexity index is 1170. The van der Waals surface area contributed by atoms with E-state index in [-0.39, 0.29) is 5.57 Å². The lowest BCUT2D eigenvalue weighted by atomic mass is 10.1. The van der Waals surface area contributed by atoms with Gasteiger partial charge in [0, 0.05) is 16.2 Å². The van der Waals surface area contributed by atoms with Gasteiger partial charge in [-0.3, -0.25) is 4.79 Å². The summed E-state index contributed by atoms with van der Waals surface area (Å²) in [5, 5.41) is 12.2. The maximum absolute atomic E-state index is 12.6. The second-order valence-electron chi connectivity index (χ2n) is 6.69. The van der Waals surface area contributed by atoms with Crippen molar-refractivity contribution < 1.29 is 14.3 Å². The molecule has 0 radical (unpaired) electrons. The van der Waals surface area contributed by atoms with Crippen LogP contribution in [0.5, 0.6) is 11.5 Å². The van der Waals surface area contributed by atoms with Gasteiger partial charge in [-0.15, -0.1) is 0 Å². The van der Waals surface area contributed by atoms with Crippen molar-refractivity contribution in [2.24, 2.45) is 0 Å². The van der Waals surface area contributed by atoms with E-state index in [2.05, 4.69) is 43.8 Å². The van der Waals surface area contributed by atoms with Crippen molar-refractivity contribution in [2.45, 2.75) is 13.5 Å². The van der Waals surface area contributed by atoms with E-state index in [4.69, 9.17) is 9.47 Å². The highest BCUT2D eigenvalue weighted by Crippen LogP contribution is 2.25. The molecule has 7 heteroatoms. The van der Waals surface area contributed by atoms with Gasteiger partial charge in [0.15, 0.2) is 0 Å². The van der Waals surface area contributed by atoms with Crippen molar-refractivity contribution in [1.29, 1.82) is 5.26 Å². The van der Waals surface area contributed by atoms with Gasteiger partial charge in [-0.2, -0.15) is 5.26 Å². The van der Waals surface area contributed by atoms with Crippen molar-refractivity contribution >= 4 is 56.2 Å². The number of rotatable bonds is 8. The van der Waals surface area contributed by atoms with E-state index < -0.39 is 5.91 Å². The van der Waals surface area contributed by atoms with Gasteiger partial charge in [-0.25, -0.2) is 0 Å². The van der Waals surface area contributed by atoms with Gasteiger partial charge in [0.2, 0.25) is 0 Å². The van der Waals surface area contributed by atoms with Gasteiger partial charge in [-0.1, -0.05) is 40.2 Å². The molecule has 0 bridgehead atoms. The number of benzene rings is 3. The molecule has 5 nitrogen and oxygen atoms in total. The molecule has 0 aliphatic heterocycles. The highest BCUT2D eigenvalue weighted by molar-refractivity contribution is 14.1. The Morgan fingerprint density at radius 2 is 1.91 bits per heavy atom. The highest BCUT2D eigenvalue weighted by Gasteiger charge is 2.11. The predicted octanol–water partition coefficient (Wildman–Crippen LogP) is 6.58. The summed E-state index contributed by atoms with van der Waals surface area (Å²) in [4.78, 5) is 12.6. The molecule has 0 unspecified atom stereocenters. The molecule has 0 spiro atoms. The third-order valence-electron chi connectivity index (χ3n) is 4.34. The Morgan fingerprint density at radius 3 is 2.59 bits per heavy atom. The normalized spacial score (nSPS) is 10.9. The zero-order chi connectivity index (χ0) is 22.9. The number of carbonyl (C=O) groups is 1. The minimum absolute atomic E-state index is 0.00569. The summed E-state index contributed by atoms with van der Waals surface area (Å²) >= 11 is 5.60. The average Bonchev–Trinajstić information content (AvgIpc) is 2.78. The highest BCUT2D eigenvalue weighted by atomic mass is 127. The van der Waals surface area contributed by atoms with Crippen molar-refractivity contribution in [3.63, 3.8) is 0 Å². The number of amides is 1. The number of halogens is 2. The lowest BCUT2D eigenvalue weighted by molar-refractivity contribution is -0.112. The zero-order valence-corrected chi connectivity index (χ0v) is 21.0. The number of nitriles is 1. The first-order valence-electron chi connectivity index (χ1n) is 9.81. The van der Waals surface area contributed by atoms with Crippen molar-refractivity contribution in [3.8, 4) is 17.6 Å². The average molecular weight is 603 g/mol. The number of hydrogen-bond donors (Lipinski definition) is 1. The minimum Gasteiger partial charge on any atom is -0.494 e. The van der Waals surface area contributed by atoms with Crippen molar-refractivity contribution in [1.82, 2.24) is 0 Å². The molecule has 0 atom stereocenters. The summed E-state index contributed by atoms with van der Waals surface area (Å²) < 4.78 is 13.3. The first-order chi connectivity index (χ1) is 15.5. The van der Waals surface area contributed by atoms with E-state index in [0.717, 1.165) is 24.9 Å². The van der Waals surface area contributed by atoms with Crippen LogP contribution in [0.25, 0.3) is 6.08 Å². The Hall–Kier alpha value is -2.83. The molecule has 0 aromatic heterocycles. The third-order valence-corrected chi connectivity index (χ3v) is 5.71. The fourth-order valence-electron chi connectivity index (χ4n) is 2.81. The molecule has 1 N–H and O–H groups in total. The summed E-state index contributed by atoms with van der Waals surface area (Å²) in [6.45, 7) is 2.87. The first kappa shape index (κ1) is 23.8. The molecular weight excluding hydrogens is 583 g/mol. The summed E-state index contributed by atoms with van der Waals surface area (Å²) in [6.07, 6.45) is 1.56. The van der Waals surface area contributed by atoms with Crippen LogP contribution >= 0.6 is 38.5 Å². The second kappa shape index (κ2) is 11.7. The maximum Gasteiger partial charge on any atom is 0.266 e. The van der Waals surface area contributed by atoms with E-state index >= 15 is 0 Å². The van der Waals surface area contributed by atoms with Crippen LogP contribution in [0.3, 0.4) is 0 Å². The van der Waals surface area contributed by atoms with Crippen LogP contribution in [-0.4, -0.2) is 12.5 Å². The van der Waals surface area contributed by atoms with Crippen LogP contribution in [0.1, 0.15) is 18.1 Å². The number of anilines is 1. The number of carbonyl (C=O) groups excluding carboxylic acids is 1. The molecule has 3 rings (SSSR count). The Balaban J connectivity index is 1.69. The van der Waals surface area contributed by atoms with Gasteiger partial charge in [-0.05, 0) is 83.1 Å². The smallest absolute Gasteiger partial charge is 0.266 e. The van der Waals surface area contributed by atoms with Crippen LogP contribution in [0.4, 0.5) is 5.69 Å². The van der Waals surface area contributed by atoms with Gasteiger partial charge in [0.05, 0.1) is 10.2 Å². The van der Waals surface area contributed by atoms with Crippen LogP contribution in [0.15, 0.2) is 76.8 Å². The standard InChI is InChI=1S/C25H20BrIN2O3/c1-2-31-22-5-3-4-21(14-22)29-25(30)19(15-28)12-18-8-11-24(23(27)13-18)32-16-17-6-9-20(26)10-7-17/h3-14H,2,16H2,1H3,(H,29,30)/b19-12-. The number of hydrogen-bond acceptors (Lipinski definition) is 4. The topological polar surface area (TPSA) is 71.3 Å². The van der Waals surface area contributed by atoms with E-state index in [1.54, 1.807) is 24.3 Å². The first-order valence-corrected chi connectivity index (χ1v) is 11.7. The lowest BCUT2D eigenvalue weighted by Crippen LogP contribution is -2.13. The fraction of sp³-hybridized carbons (Fsp3) is 0.120. The number of nitrogens with zero attached hydrogens (tertiary/aromatic N) is 1. The van der Waals surface area contributed by atoms with E-state index in [9.17, 15) is 10.1 Å². The van der Waals surface area contributed by atoms with Gasteiger partial charge < -0.3 is 14.8 Å². The summed E-state index contributed by atoms with van der Waals surface area (Å²) in [6, 6.07) is 22.5. The Labute approximate surface area is 209 Å². The summed E-state index contributed by atoms with van der Waals surface area (Å²) in [7, 11) is 0. The molecule has 0 aliphatic carbocycles. The molecular formula is C25H20BrIN2O3. The van der Waals surface area contributed by atoms with E-state index in [0.29, 0.717) is 24.7 Å². The van der Waals surface area contributed by atoms with Gasteiger partial charge >= 0.3 is 0 Å². The molecule has 3 aromatic rings. The molecule has 32 heavy (non-hydrogen) atoms. The van der Waals surface area contributed by atoms with Gasteiger partial charge in [0.25, 0.3) is 5.91 Å². The second-order valence-corrected chi connectivity index (χ2v) is 8.77. The molecule has 1 amide bonds. The zero-order valence-electron chi connectivity index (χ0n) is 17.3. The van der Waals surface area contributed by atoms with E-state index in [1.165, 1.54) is 0 Å². The SMILES string of the molecule is CCOc1cccc(NC(=O)/C(C#N)=C\c2ccc(OCc3ccc(Br)cc3)c(I)c2)c1. The molecule has 3 aromatic carbocycles. The quantitative estimate of drug-likeness (QED) is 0.180. The Morgan fingerprint density at radius 1 is 1.12 bits per heavy atom. The minimum atomic E-state index is -0.480. The molecule has 0 aliphatic rings. The van der Waals surface area contributed by atoms with Crippen molar-refractivity contribution in [2.75, 3.05) is 11.9 Å². The lowest BCUT2D eigenvalue weighted by Gasteiger charge is -2.10. The summed E-state index contributed by atoms with van der Waals surface area (Å²) in [5.41, 5.74) is 2.37. The molecule has 0 saturated carbocycles. The monoisotopic (exact) mass is 602 g/mol. The largest absolute Gasteiger partial charge is 0.494 e. The number of nitrogens with one attached hydrogen (secondary N) is 1. The van der Waals surface area contributed by atoms with Crippen LogP contribution in [0.2, 0.25) is 0 Å². The number of ether oxygens (including phenoxy) is 2. The molecule has 162 valence electrons. The molecule has 0 saturated heterocycles. The molecule has 0 fully saturated rings. The Kier molecular flexibility index (Phi) is 8.71. The fourth-order valence-corrected chi connectivity index (χ4v) is 3.77. The third kappa shape index (κ3) is 6.84. The summed E-state index contributed by atoms with van der Waals surface area (Å²) in [5.74, 6) is 0.911.